The molecule has 11 heteroatoms. The van der Waals surface area contributed by atoms with Crippen LogP contribution in [0, 0.1) is 17.8 Å². The highest BCUT2D eigenvalue weighted by atomic mass is 32.2. The fraction of sp³-hybridized carbons (Fsp3) is 0.483. The van der Waals surface area contributed by atoms with Gasteiger partial charge in [0.05, 0.1) is 21.8 Å². The van der Waals surface area contributed by atoms with Crippen LogP contribution in [0.1, 0.15) is 69.7 Å². The third-order valence-electron chi connectivity index (χ3n) is 7.94. The van der Waals surface area contributed by atoms with Crippen molar-refractivity contribution in [3.05, 3.63) is 48.0 Å². The van der Waals surface area contributed by atoms with Gasteiger partial charge >= 0.3 is 0 Å². The number of hydrogen-bond acceptors (Lipinski definition) is 6. The van der Waals surface area contributed by atoms with Crippen molar-refractivity contribution >= 4 is 43.0 Å². The van der Waals surface area contributed by atoms with Crippen LogP contribution in [0.25, 0.3) is 0 Å². The molecule has 1 amide bonds. The summed E-state index contributed by atoms with van der Waals surface area (Å²) in [4.78, 5) is 15.7. The zero-order valence-corrected chi connectivity index (χ0v) is 24.7. The SMILES string of the molecule is C#CC1(S(=O)(=O)Nc2ccc(C(=O)Nc3cccc(S(=O)(=O)NC(C)(C)C)c3)c(N3CCC4(CC3)CC4)c2)CC1. The first-order chi connectivity index (χ1) is 18.7. The molecule has 2 aromatic carbocycles. The van der Waals surface area contributed by atoms with Gasteiger partial charge in [-0.1, -0.05) is 12.0 Å². The van der Waals surface area contributed by atoms with Gasteiger partial charge in [-0.05, 0) is 101 Å². The van der Waals surface area contributed by atoms with E-state index in [4.69, 9.17) is 6.42 Å². The molecule has 1 saturated heterocycles. The summed E-state index contributed by atoms with van der Waals surface area (Å²) in [5.74, 6) is 2.00. The van der Waals surface area contributed by atoms with Crippen LogP contribution in [0.2, 0.25) is 0 Å². The first kappa shape index (κ1) is 28.5. The predicted molar refractivity (Wildman–Crippen MR) is 157 cm³/mol. The third kappa shape index (κ3) is 5.85. The van der Waals surface area contributed by atoms with Crippen LogP contribution in [-0.4, -0.2) is 46.1 Å². The van der Waals surface area contributed by atoms with Crippen molar-refractivity contribution in [2.75, 3.05) is 28.0 Å². The number of sulfonamides is 2. The minimum atomic E-state index is -3.79. The molecule has 1 spiro atoms. The van der Waals surface area contributed by atoms with E-state index in [-0.39, 0.29) is 4.90 Å². The first-order valence-electron chi connectivity index (χ1n) is 13.5. The molecular weight excluding hydrogens is 548 g/mol. The Hall–Kier alpha value is -3.07. The van der Waals surface area contributed by atoms with E-state index in [1.807, 2.05) is 0 Å². The van der Waals surface area contributed by atoms with Gasteiger partial charge in [0.1, 0.15) is 0 Å². The Bertz CT molecular complexity index is 1590. The lowest BCUT2D eigenvalue weighted by Gasteiger charge is -2.35. The van der Waals surface area contributed by atoms with Gasteiger partial charge in [0.2, 0.25) is 20.0 Å². The van der Waals surface area contributed by atoms with Crippen molar-refractivity contribution in [3.8, 4) is 12.3 Å². The molecule has 2 saturated carbocycles. The van der Waals surface area contributed by atoms with Crippen molar-refractivity contribution in [2.45, 2.75) is 74.5 Å². The number of hydrogen-bond donors (Lipinski definition) is 3. The molecule has 0 unspecified atom stereocenters. The minimum Gasteiger partial charge on any atom is -0.371 e. The van der Waals surface area contributed by atoms with Gasteiger partial charge in [-0.25, -0.2) is 21.6 Å². The molecule has 2 aliphatic carbocycles. The number of anilines is 3. The van der Waals surface area contributed by atoms with Crippen LogP contribution in [-0.2, 0) is 20.0 Å². The highest BCUT2D eigenvalue weighted by molar-refractivity contribution is 7.94. The van der Waals surface area contributed by atoms with Gasteiger partial charge in [-0.3, -0.25) is 9.52 Å². The molecule has 3 fully saturated rings. The summed E-state index contributed by atoms with van der Waals surface area (Å²) in [5.41, 5.74) is 1.42. The molecule has 0 radical (unpaired) electrons. The maximum Gasteiger partial charge on any atom is 0.257 e. The second-order valence-electron chi connectivity index (χ2n) is 12.3. The lowest BCUT2D eigenvalue weighted by Crippen LogP contribution is -2.40. The quantitative estimate of drug-likeness (QED) is 0.398. The van der Waals surface area contributed by atoms with Crippen LogP contribution in [0.3, 0.4) is 0 Å². The van der Waals surface area contributed by atoms with Gasteiger partial charge in [-0.15, -0.1) is 6.42 Å². The molecule has 0 aromatic heterocycles. The molecule has 0 atom stereocenters. The van der Waals surface area contributed by atoms with Gasteiger partial charge in [0, 0.05) is 24.3 Å². The van der Waals surface area contributed by atoms with E-state index in [1.165, 1.54) is 25.0 Å². The zero-order chi connectivity index (χ0) is 29.0. The van der Waals surface area contributed by atoms with E-state index in [9.17, 15) is 21.6 Å². The molecular formula is C29H36N4O5S2. The summed E-state index contributed by atoms with van der Waals surface area (Å²) < 4.78 is 55.6. The average Bonchev–Trinajstić information content (AvgIpc) is 3.80. The number of terminal acetylenes is 1. The Morgan fingerprint density at radius 3 is 2.17 bits per heavy atom. The van der Waals surface area contributed by atoms with E-state index in [2.05, 4.69) is 25.6 Å². The fourth-order valence-corrected chi connectivity index (χ4v) is 8.10. The van der Waals surface area contributed by atoms with E-state index >= 15 is 0 Å². The van der Waals surface area contributed by atoms with Crippen LogP contribution in [0.4, 0.5) is 17.1 Å². The molecule has 3 aliphatic rings. The average molecular weight is 585 g/mol. The van der Waals surface area contributed by atoms with Crippen LogP contribution in [0.5, 0.6) is 0 Å². The summed E-state index contributed by atoms with van der Waals surface area (Å²) >= 11 is 0. The van der Waals surface area contributed by atoms with E-state index in [1.54, 1.807) is 51.1 Å². The second kappa shape index (κ2) is 9.79. The Labute approximate surface area is 237 Å². The van der Waals surface area contributed by atoms with E-state index in [0.717, 1.165) is 25.9 Å². The zero-order valence-electron chi connectivity index (χ0n) is 23.1. The Morgan fingerprint density at radius 1 is 0.925 bits per heavy atom. The van der Waals surface area contributed by atoms with Crippen LogP contribution < -0.4 is 19.7 Å². The maximum absolute atomic E-state index is 13.6. The molecule has 5 rings (SSSR count). The van der Waals surface area contributed by atoms with Crippen LogP contribution >= 0.6 is 0 Å². The number of carbonyl (C=O) groups excluding carboxylic acids is 1. The molecule has 40 heavy (non-hydrogen) atoms. The molecule has 214 valence electrons. The van der Waals surface area contributed by atoms with Crippen molar-refractivity contribution in [2.24, 2.45) is 5.41 Å². The van der Waals surface area contributed by atoms with Crippen molar-refractivity contribution < 1.29 is 21.6 Å². The third-order valence-corrected chi connectivity index (χ3v) is 11.8. The molecule has 9 nitrogen and oxygen atoms in total. The number of piperidine rings is 1. The van der Waals surface area contributed by atoms with Gasteiger partial charge in [0.15, 0.2) is 4.75 Å². The number of benzene rings is 2. The van der Waals surface area contributed by atoms with E-state index in [0.29, 0.717) is 40.9 Å². The van der Waals surface area contributed by atoms with E-state index < -0.39 is 36.2 Å². The molecule has 0 bridgehead atoms. The standard InChI is InChI=1S/C29H36N4O5S2/c1-5-29(13-14-29)40(37,38)31-22-9-10-24(25(20-22)33-17-15-28(11-12-28)16-18-33)26(34)30-21-7-6-8-23(19-21)39(35,36)32-27(2,3)4/h1,6-10,19-20,31-32H,11-18H2,2-4H3,(H,30,34). The lowest BCUT2D eigenvalue weighted by atomic mass is 9.93. The number of amides is 1. The van der Waals surface area contributed by atoms with Crippen LogP contribution in [0.15, 0.2) is 47.4 Å². The van der Waals surface area contributed by atoms with Gasteiger partial charge in [-0.2, -0.15) is 0 Å². The first-order valence-corrected chi connectivity index (χ1v) is 16.5. The Morgan fingerprint density at radius 2 is 1.60 bits per heavy atom. The topological polar surface area (TPSA) is 125 Å². The Balaban J connectivity index is 1.42. The smallest absolute Gasteiger partial charge is 0.257 e. The summed E-state index contributed by atoms with van der Waals surface area (Å²) in [5, 5.41) is 2.83. The predicted octanol–water partition coefficient (Wildman–Crippen LogP) is 4.30. The molecule has 2 aromatic rings. The second-order valence-corrected chi connectivity index (χ2v) is 16.0. The Kier molecular flexibility index (Phi) is 6.96. The number of nitrogens with one attached hydrogen (secondary N) is 3. The number of rotatable bonds is 8. The highest BCUT2D eigenvalue weighted by Gasteiger charge is 2.53. The van der Waals surface area contributed by atoms with Crippen molar-refractivity contribution in [3.63, 3.8) is 0 Å². The molecule has 1 heterocycles. The number of carbonyl (C=O) groups is 1. The maximum atomic E-state index is 13.6. The van der Waals surface area contributed by atoms with Gasteiger partial charge in [0.25, 0.3) is 5.91 Å². The molecule has 3 N–H and O–H groups in total. The summed E-state index contributed by atoms with van der Waals surface area (Å²) in [6.07, 6.45) is 10.8. The lowest BCUT2D eigenvalue weighted by molar-refractivity contribution is 0.102. The van der Waals surface area contributed by atoms with Gasteiger partial charge < -0.3 is 10.2 Å². The highest BCUT2D eigenvalue weighted by Crippen LogP contribution is 2.54. The molecule has 1 aliphatic heterocycles. The monoisotopic (exact) mass is 584 g/mol. The summed E-state index contributed by atoms with van der Waals surface area (Å²) in [6, 6.07) is 10.9. The minimum absolute atomic E-state index is 0.0403. The van der Waals surface area contributed by atoms with Crippen molar-refractivity contribution in [1.82, 2.24) is 4.72 Å². The summed E-state index contributed by atoms with van der Waals surface area (Å²) in [6.45, 7) is 6.78. The fourth-order valence-electron chi connectivity index (χ4n) is 5.21. The normalized spacial score (nSPS) is 19.5. The largest absolute Gasteiger partial charge is 0.371 e. The summed E-state index contributed by atoms with van der Waals surface area (Å²) in [7, 11) is -7.58. The van der Waals surface area contributed by atoms with Crippen molar-refractivity contribution in [1.29, 1.82) is 0 Å². The number of nitrogens with zero attached hydrogens (tertiary/aromatic N) is 1.